The molecular weight excluding hydrogens is 494 g/mol. The third-order valence-corrected chi connectivity index (χ3v) is 7.44. The number of benzene rings is 2. The number of aromatic nitrogens is 1. The molecule has 1 aliphatic heterocycles. The Morgan fingerprint density at radius 1 is 1.05 bits per heavy atom. The molecule has 1 fully saturated rings. The van der Waals surface area contributed by atoms with Crippen LogP contribution in [0.2, 0.25) is 0 Å². The van der Waals surface area contributed by atoms with Gasteiger partial charge in [-0.1, -0.05) is 36.4 Å². The molecule has 4 rings (SSSR count). The van der Waals surface area contributed by atoms with Gasteiger partial charge in [-0.15, -0.1) is 0 Å². The van der Waals surface area contributed by atoms with Gasteiger partial charge in [-0.05, 0) is 55.8 Å². The van der Waals surface area contributed by atoms with Crippen molar-refractivity contribution < 1.29 is 22.8 Å². The summed E-state index contributed by atoms with van der Waals surface area (Å²) >= 11 is 0. The van der Waals surface area contributed by atoms with E-state index in [0.29, 0.717) is 29.4 Å². The van der Waals surface area contributed by atoms with Crippen molar-refractivity contribution in [3.63, 3.8) is 0 Å². The number of imide groups is 1. The second-order valence-corrected chi connectivity index (χ2v) is 11.3. The first kappa shape index (κ1) is 26.4. The SMILES string of the molecule is CN(C)CCc1c(C(=O)NCc2ccccc2)[nH]c2ccc(CCN3C(=O)CN(S(C)(=O)=O)C3=O)cc12. The van der Waals surface area contributed by atoms with E-state index in [1.165, 1.54) is 0 Å². The summed E-state index contributed by atoms with van der Waals surface area (Å²) in [6.45, 7) is 0.756. The Bertz CT molecular complexity index is 1430. The smallest absolute Gasteiger partial charge is 0.340 e. The van der Waals surface area contributed by atoms with E-state index in [1.54, 1.807) is 0 Å². The zero-order valence-corrected chi connectivity index (χ0v) is 22.0. The molecule has 3 aromatic rings. The lowest BCUT2D eigenvalue weighted by Crippen LogP contribution is -2.36. The Morgan fingerprint density at radius 3 is 2.43 bits per heavy atom. The molecule has 0 bridgehead atoms. The molecule has 2 heterocycles. The predicted molar refractivity (Wildman–Crippen MR) is 141 cm³/mol. The molecule has 0 aliphatic carbocycles. The second kappa shape index (κ2) is 10.7. The van der Waals surface area contributed by atoms with Crippen LogP contribution in [0.4, 0.5) is 4.79 Å². The van der Waals surface area contributed by atoms with Gasteiger partial charge < -0.3 is 15.2 Å². The topological polar surface area (TPSA) is 123 Å². The summed E-state index contributed by atoms with van der Waals surface area (Å²) in [7, 11) is 0.142. The Labute approximate surface area is 216 Å². The highest BCUT2D eigenvalue weighted by Crippen LogP contribution is 2.26. The van der Waals surface area contributed by atoms with Crippen molar-refractivity contribution in [2.45, 2.75) is 19.4 Å². The van der Waals surface area contributed by atoms with Gasteiger partial charge in [0.05, 0.1) is 6.26 Å². The maximum absolute atomic E-state index is 13.1. The highest BCUT2D eigenvalue weighted by molar-refractivity contribution is 7.88. The number of fused-ring (bicyclic) bond motifs is 1. The van der Waals surface area contributed by atoms with Gasteiger partial charge in [0.1, 0.15) is 12.2 Å². The summed E-state index contributed by atoms with van der Waals surface area (Å²) in [5, 5.41) is 3.89. The summed E-state index contributed by atoms with van der Waals surface area (Å²) in [4.78, 5) is 44.1. The fourth-order valence-corrected chi connectivity index (χ4v) is 5.07. The van der Waals surface area contributed by atoms with Crippen LogP contribution >= 0.6 is 0 Å². The third kappa shape index (κ3) is 6.00. The number of hydrogen-bond acceptors (Lipinski definition) is 6. The Morgan fingerprint density at radius 2 is 1.78 bits per heavy atom. The Hall–Kier alpha value is -3.70. The highest BCUT2D eigenvalue weighted by Gasteiger charge is 2.40. The van der Waals surface area contributed by atoms with E-state index in [0.717, 1.165) is 45.3 Å². The first-order valence-electron chi connectivity index (χ1n) is 12.0. The molecule has 10 nitrogen and oxygen atoms in total. The van der Waals surface area contributed by atoms with Crippen LogP contribution in [0.25, 0.3) is 10.9 Å². The summed E-state index contributed by atoms with van der Waals surface area (Å²) in [6, 6.07) is 14.6. The number of hydrogen-bond donors (Lipinski definition) is 2. The maximum atomic E-state index is 13.1. The molecule has 4 amide bonds. The maximum Gasteiger partial charge on any atom is 0.340 e. The van der Waals surface area contributed by atoms with Crippen LogP contribution in [-0.2, 0) is 34.2 Å². The molecule has 1 saturated heterocycles. The van der Waals surface area contributed by atoms with Gasteiger partial charge in [0, 0.05) is 30.5 Å². The fraction of sp³-hybridized carbons (Fsp3) is 0.346. The first-order chi connectivity index (χ1) is 17.5. The Balaban J connectivity index is 1.55. The molecule has 11 heteroatoms. The highest BCUT2D eigenvalue weighted by atomic mass is 32.2. The first-order valence-corrected chi connectivity index (χ1v) is 13.8. The largest absolute Gasteiger partial charge is 0.350 e. The van der Waals surface area contributed by atoms with E-state index in [9.17, 15) is 22.8 Å². The molecule has 2 aromatic carbocycles. The number of rotatable bonds is 10. The van der Waals surface area contributed by atoms with Gasteiger partial charge in [0.25, 0.3) is 11.8 Å². The minimum atomic E-state index is -3.80. The fourth-order valence-electron chi connectivity index (χ4n) is 4.34. The summed E-state index contributed by atoms with van der Waals surface area (Å²) in [6.07, 6.45) is 1.92. The molecule has 0 atom stereocenters. The number of carbonyl (C=O) groups excluding carboxylic acids is 3. The minimum absolute atomic E-state index is 0.0665. The van der Waals surface area contributed by atoms with Gasteiger partial charge in [-0.3, -0.25) is 14.5 Å². The number of sulfonamides is 1. The molecular formula is C26H31N5O5S. The molecule has 0 unspecified atom stereocenters. The normalized spacial score (nSPS) is 14.3. The van der Waals surface area contributed by atoms with E-state index >= 15 is 0 Å². The number of likely N-dealkylation sites (N-methyl/N-ethyl adjacent to an activating group) is 1. The molecule has 1 aliphatic rings. The van der Waals surface area contributed by atoms with E-state index in [-0.39, 0.29) is 12.5 Å². The standard InChI is InChI=1S/C26H31N5O5S/c1-29(2)13-12-20-21-15-18(11-14-30-23(32)17-31(26(30)34)37(3,35)36)9-10-22(21)28-24(20)25(33)27-16-19-7-5-4-6-8-19/h4-10,15,28H,11-14,16-17H2,1-3H3,(H,27,33). The van der Waals surface area contributed by atoms with E-state index in [4.69, 9.17) is 0 Å². The van der Waals surface area contributed by atoms with Crippen molar-refractivity contribution in [1.29, 1.82) is 0 Å². The summed E-state index contributed by atoms with van der Waals surface area (Å²) in [5.41, 5.74) is 4.10. The van der Waals surface area contributed by atoms with Gasteiger partial charge in [0.2, 0.25) is 10.0 Å². The minimum Gasteiger partial charge on any atom is -0.350 e. The molecule has 0 saturated carbocycles. The molecule has 37 heavy (non-hydrogen) atoms. The van der Waals surface area contributed by atoms with E-state index in [2.05, 4.69) is 10.3 Å². The Kier molecular flexibility index (Phi) is 7.65. The summed E-state index contributed by atoms with van der Waals surface area (Å²) in [5.74, 6) is -0.730. The van der Waals surface area contributed by atoms with Crippen LogP contribution in [0.1, 0.15) is 27.2 Å². The van der Waals surface area contributed by atoms with Crippen LogP contribution in [0.5, 0.6) is 0 Å². The van der Waals surface area contributed by atoms with Gasteiger partial charge in [-0.25, -0.2) is 17.5 Å². The van der Waals surface area contributed by atoms with Crippen LogP contribution in [0.15, 0.2) is 48.5 Å². The number of carbonyl (C=O) groups is 3. The molecule has 0 spiro atoms. The number of aromatic amines is 1. The van der Waals surface area contributed by atoms with Gasteiger partial charge >= 0.3 is 6.03 Å². The average molecular weight is 526 g/mol. The number of nitrogens with zero attached hydrogens (tertiary/aromatic N) is 3. The van der Waals surface area contributed by atoms with Crippen molar-refractivity contribution in [2.24, 2.45) is 0 Å². The number of amides is 4. The second-order valence-electron chi connectivity index (χ2n) is 9.43. The van der Waals surface area contributed by atoms with Crippen molar-refractivity contribution in [3.8, 4) is 0 Å². The molecule has 1 aromatic heterocycles. The average Bonchev–Trinajstić information content (AvgIpc) is 3.36. The monoisotopic (exact) mass is 525 g/mol. The van der Waals surface area contributed by atoms with Gasteiger partial charge in [-0.2, -0.15) is 0 Å². The van der Waals surface area contributed by atoms with Crippen LogP contribution in [0.3, 0.4) is 0 Å². The molecule has 196 valence electrons. The number of nitrogens with one attached hydrogen (secondary N) is 2. The molecule has 2 N–H and O–H groups in total. The van der Waals surface area contributed by atoms with Crippen LogP contribution < -0.4 is 5.32 Å². The van der Waals surface area contributed by atoms with Crippen LogP contribution in [-0.4, -0.2) is 85.3 Å². The van der Waals surface area contributed by atoms with Crippen molar-refractivity contribution in [2.75, 3.05) is 40.0 Å². The van der Waals surface area contributed by atoms with Crippen molar-refractivity contribution in [1.82, 2.24) is 24.4 Å². The van der Waals surface area contributed by atoms with Gasteiger partial charge in [0.15, 0.2) is 0 Å². The molecule has 0 radical (unpaired) electrons. The van der Waals surface area contributed by atoms with Crippen molar-refractivity contribution in [3.05, 3.63) is 70.9 Å². The lowest BCUT2D eigenvalue weighted by atomic mass is 10.0. The van der Waals surface area contributed by atoms with Crippen molar-refractivity contribution >= 4 is 38.8 Å². The zero-order valence-electron chi connectivity index (χ0n) is 21.2. The zero-order chi connectivity index (χ0) is 26.7. The quantitative estimate of drug-likeness (QED) is 0.390. The third-order valence-electron chi connectivity index (χ3n) is 6.35. The predicted octanol–water partition coefficient (Wildman–Crippen LogP) is 1.97. The van der Waals surface area contributed by atoms with E-state index < -0.39 is 28.5 Å². The number of urea groups is 1. The lowest BCUT2D eigenvalue weighted by molar-refractivity contribution is -0.125. The van der Waals surface area contributed by atoms with E-state index in [1.807, 2.05) is 67.5 Å². The number of H-pyrrole nitrogens is 1. The summed E-state index contributed by atoms with van der Waals surface area (Å²) < 4.78 is 24.1. The van der Waals surface area contributed by atoms with Crippen LogP contribution in [0, 0.1) is 0 Å². The lowest BCUT2D eigenvalue weighted by Gasteiger charge is -2.15.